The Kier molecular flexibility index (Phi) is 4.71. The van der Waals surface area contributed by atoms with Crippen molar-refractivity contribution in [3.63, 3.8) is 0 Å². The first kappa shape index (κ1) is 13.0. The molecule has 2 heteroatoms. The number of para-hydroxylation sites is 1. The van der Waals surface area contributed by atoms with Gasteiger partial charge in [-0.1, -0.05) is 31.2 Å². The molecule has 2 rings (SSSR count). The van der Waals surface area contributed by atoms with Crippen LogP contribution in [0.3, 0.4) is 0 Å². The molecule has 0 aliphatic carbocycles. The summed E-state index contributed by atoms with van der Waals surface area (Å²) in [5.41, 5.74) is 1.31. The van der Waals surface area contributed by atoms with E-state index in [1.165, 1.54) is 16.9 Å². The summed E-state index contributed by atoms with van der Waals surface area (Å²) in [6, 6.07) is 16.2. The molecule has 0 aliphatic heterocycles. The number of hydrogen-bond donors (Lipinski definition) is 0. The molecular weight excluding hydrogens is 240 g/mol. The normalized spacial score (nSPS) is 10.3. The number of aryl methyl sites for hydroxylation is 1. The van der Waals surface area contributed by atoms with Crippen LogP contribution < -0.4 is 4.74 Å². The molecule has 0 aliphatic rings. The van der Waals surface area contributed by atoms with Crippen LogP contribution in [-0.2, 0) is 0 Å². The summed E-state index contributed by atoms with van der Waals surface area (Å²) >= 11 is 1.89. The largest absolute Gasteiger partial charge is 0.457 e. The van der Waals surface area contributed by atoms with Crippen molar-refractivity contribution >= 4 is 11.8 Å². The molecule has 0 fully saturated rings. The van der Waals surface area contributed by atoms with Crippen molar-refractivity contribution in [2.24, 2.45) is 0 Å². The Morgan fingerprint density at radius 3 is 2.50 bits per heavy atom. The molecule has 0 amide bonds. The van der Waals surface area contributed by atoms with Crippen molar-refractivity contribution < 1.29 is 4.74 Å². The summed E-state index contributed by atoms with van der Waals surface area (Å²) in [6.45, 7) is 4.34. The molecule has 0 saturated carbocycles. The number of benzene rings is 2. The zero-order valence-corrected chi connectivity index (χ0v) is 11.7. The smallest absolute Gasteiger partial charge is 0.128 e. The summed E-state index contributed by atoms with van der Waals surface area (Å²) in [6.07, 6.45) is 1.19. The van der Waals surface area contributed by atoms with Gasteiger partial charge >= 0.3 is 0 Å². The summed E-state index contributed by atoms with van der Waals surface area (Å²) in [5.74, 6) is 2.94. The van der Waals surface area contributed by atoms with Crippen LogP contribution in [0.2, 0.25) is 0 Å². The molecule has 1 nitrogen and oxygen atoms in total. The van der Waals surface area contributed by atoms with E-state index in [2.05, 4.69) is 26.0 Å². The van der Waals surface area contributed by atoms with Crippen LogP contribution in [0.4, 0.5) is 0 Å². The van der Waals surface area contributed by atoms with Gasteiger partial charge in [-0.25, -0.2) is 0 Å². The highest BCUT2D eigenvalue weighted by Crippen LogP contribution is 2.29. The molecule has 0 bridgehead atoms. The molecule has 0 spiro atoms. The lowest BCUT2D eigenvalue weighted by molar-refractivity contribution is 0.481. The summed E-state index contributed by atoms with van der Waals surface area (Å²) in [4.78, 5) is 1.31. The van der Waals surface area contributed by atoms with E-state index in [1.807, 2.05) is 48.2 Å². The van der Waals surface area contributed by atoms with Crippen LogP contribution in [0.25, 0.3) is 0 Å². The number of thioether (sulfide) groups is 1. The molecule has 2 aromatic rings. The quantitative estimate of drug-likeness (QED) is 0.674. The fraction of sp³-hybridized carbons (Fsp3) is 0.250. The van der Waals surface area contributed by atoms with Crippen LogP contribution >= 0.6 is 11.8 Å². The van der Waals surface area contributed by atoms with Crippen LogP contribution in [-0.4, -0.2) is 5.75 Å². The maximum Gasteiger partial charge on any atom is 0.128 e. The molecule has 0 aromatic heterocycles. The van der Waals surface area contributed by atoms with Gasteiger partial charge in [-0.2, -0.15) is 0 Å². The lowest BCUT2D eigenvalue weighted by atomic mass is 10.2. The van der Waals surface area contributed by atoms with Gasteiger partial charge in [-0.05, 0) is 48.9 Å². The van der Waals surface area contributed by atoms with Crippen molar-refractivity contribution in [2.45, 2.75) is 25.2 Å². The van der Waals surface area contributed by atoms with Crippen molar-refractivity contribution in [3.8, 4) is 11.5 Å². The van der Waals surface area contributed by atoms with Gasteiger partial charge in [0.25, 0.3) is 0 Å². The van der Waals surface area contributed by atoms with E-state index in [1.54, 1.807) is 0 Å². The number of rotatable bonds is 5. The lowest BCUT2D eigenvalue weighted by Crippen LogP contribution is -1.87. The van der Waals surface area contributed by atoms with Crippen LogP contribution in [0.1, 0.15) is 18.9 Å². The van der Waals surface area contributed by atoms with Gasteiger partial charge in [0, 0.05) is 4.90 Å². The minimum absolute atomic E-state index is 0.882. The van der Waals surface area contributed by atoms with Gasteiger partial charge < -0.3 is 4.74 Å². The van der Waals surface area contributed by atoms with Crippen LogP contribution in [0, 0.1) is 6.92 Å². The Morgan fingerprint density at radius 2 is 1.78 bits per heavy atom. The second-order valence-corrected chi connectivity index (χ2v) is 5.33. The Bertz CT molecular complexity index is 494. The zero-order chi connectivity index (χ0) is 12.8. The fourth-order valence-electron chi connectivity index (χ4n) is 1.64. The molecule has 0 saturated heterocycles. The minimum Gasteiger partial charge on any atom is -0.457 e. The van der Waals surface area contributed by atoms with Gasteiger partial charge in [0.15, 0.2) is 0 Å². The third-order valence-corrected chi connectivity index (χ3v) is 3.96. The van der Waals surface area contributed by atoms with Crippen molar-refractivity contribution in [3.05, 3.63) is 54.1 Å². The van der Waals surface area contributed by atoms with Crippen molar-refractivity contribution in [1.82, 2.24) is 0 Å². The highest BCUT2D eigenvalue weighted by atomic mass is 32.2. The van der Waals surface area contributed by atoms with E-state index in [9.17, 15) is 0 Å². The Balaban J connectivity index is 2.14. The van der Waals surface area contributed by atoms with E-state index in [-0.39, 0.29) is 0 Å². The molecule has 18 heavy (non-hydrogen) atoms. The topological polar surface area (TPSA) is 9.23 Å². The van der Waals surface area contributed by atoms with E-state index < -0.39 is 0 Å². The SMILES string of the molecule is CCCSc1cc(Oc2ccccc2)ccc1C. The Labute approximate surface area is 113 Å². The predicted molar refractivity (Wildman–Crippen MR) is 78.7 cm³/mol. The molecule has 0 radical (unpaired) electrons. The summed E-state index contributed by atoms with van der Waals surface area (Å²) in [7, 11) is 0. The third kappa shape index (κ3) is 3.54. The average molecular weight is 258 g/mol. The molecule has 0 heterocycles. The van der Waals surface area contributed by atoms with Crippen molar-refractivity contribution in [1.29, 1.82) is 0 Å². The third-order valence-electron chi connectivity index (χ3n) is 2.60. The summed E-state index contributed by atoms with van der Waals surface area (Å²) < 4.78 is 5.84. The lowest BCUT2D eigenvalue weighted by Gasteiger charge is -2.09. The molecule has 0 atom stereocenters. The van der Waals surface area contributed by atoms with E-state index in [4.69, 9.17) is 4.74 Å². The van der Waals surface area contributed by atoms with E-state index >= 15 is 0 Å². The van der Waals surface area contributed by atoms with Crippen LogP contribution in [0.15, 0.2) is 53.4 Å². The highest BCUT2D eigenvalue weighted by molar-refractivity contribution is 7.99. The second-order valence-electron chi connectivity index (χ2n) is 4.19. The maximum atomic E-state index is 5.84. The van der Waals surface area contributed by atoms with E-state index in [0.29, 0.717) is 0 Å². The molecular formula is C16H18OS. The van der Waals surface area contributed by atoms with Gasteiger partial charge in [0.05, 0.1) is 0 Å². The minimum atomic E-state index is 0.882. The standard InChI is InChI=1S/C16H18OS/c1-3-11-18-16-12-15(10-9-13(16)2)17-14-7-5-4-6-8-14/h4-10,12H,3,11H2,1-2H3. The first-order valence-electron chi connectivity index (χ1n) is 6.26. The number of hydrogen-bond acceptors (Lipinski definition) is 2. The highest BCUT2D eigenvalue weighted by Gasteiger charge is 2.02. The second kappa shape index (κ2) is 6.50. The van der Waals surface area contributed by atoms with Gasteiger partial charge in [0.2, 0.25) is 0 Å². The fourth-order valence-corrected chi connectivity index (χ4v) is 2.56. The first-order valence-corrected chi connectivity index (χ1v) is 7.24. The Hall–Kier alpha value is -1.41. The summed E-state index contributed by atoms with van der Waals surface area (Å²) in [5, 5.41) is 0. The van der Waals surface area contributed by atoms with Gasteiger partial charge in [-0.15, -0.1) is 11.8 Å². The van der Waals surface area contributed by atoms with Crippen LogP contribution in [0.5, 0.6) is 11.5 Å². The van der Waals surface area contributed by atoms with E-state index in [0.717, 1.165) is 17.3 Å². The van der Waals surface area contributed by atoms with Gasteiger partial charge in [0.1, 0.15) is 11.5 Å². The molecule has 94 valence electrons. The maximum absolute atomic E-state index is 5.84. The average Bonchev–Trinajstić information content (AvgIpc) is 2.40. The van der Waals surface area contributed by atoms with Crippen molar-refractivity contribution in [2.75, 3.05) is 5.75 Å². The first-order chi connectivity index (χ1) is 8.79. The molecule has 0 unspecified atom stereocenters. The monoisotopic (exact) mass is 258 g/mol. The Morgan fingerprint density at radius 1 is 1.00 bits per heavy atom. The molecule has 2 aromatic carbocycles. The molecule has 0 N–H and O–H groups in total. The predicted octanol–water partition coefficient (Wildman–Crippen LogP) is 5.29. The van der Waals surface area contributed by atoms with Gasteiger partial charge in [-0.3, -0.25) is 0 Å². The zero-order valence-electron chi connectivity index (χ0n) is 10.8. The number of ether oxygens (including phenoxy) is 1.